The Kier molecular flexibility index (Phi) is 6.49. The van der Waals surface area contributed by atoms with Gasteiger partial charge in [0.2, 0.25) is 5.28 Å². The maximum absolute atomic E-state index is 15.8. The number of nitrogens with two attached hydrogens (primary N) is 1. The summed E-state index contributed by atoms with van der Waals surface area (Å²) in [5.74, 6) is -1.37. The molecule has 2 aromatic carbocycles. The van der Waals surface area contributed by atoms with E-state index in [0.29, 0.717) is 5.56 Å². The molecule has 0 unspecified atom stereocenters. The molecule has 4 aromatic rings. The fourth-order valence-electron chi connectivity index (χ4n) is 3.87. The number of carbonyl (C=O) groups excluding carboxylic acids is 2. The minimum absolute atomic E-state index is 0.0116. The Hall–Kier alpha value is -4.09. The summed E-state index contributed by atoms with van der Waals surface area (Å²) in [6.07, 6.45) is -4.45. The highest BCUT2D eigenvalue weighted by Crippen LogP contribution is 2.36. The van der Waals surface area contributed by atoms with E-state index in [9.17, 15) is 9.59 Å². The zero-order chi connectivity index (χ0) is 25.2. The van der Waals surface area contributed by atoms with Gasteiger partial charge >= 0.3 is 11.9 Å². The van der Waals surface area contributed by atoms with Crippen LogP contribution in [-0.4, -0.2) is 56.4 Å². The topological polar surface area (TPSA) is 131 Å². The van der Waals surface area contributed by atoms with Gasteiger partial charge in [-0.05, 0) is 35.9 Å². The van der Waals surface area contributed by atoms with Crippen molar-refractivity contribution in [1.82, 2.24) is 19.5 Å². The lowest BCUT2D eigenvalue weighted by molar-refractivity contribution is -0.0570. The normalized spacial score (nSPS) is 21.4. The van der Waals surface area contributed by atoms with Gasteiger partial charge in [-0.15, -0.1) is 0 Å². The standard InChI is InChI=1S/C24H19ClFN5O5/c25-24-29-19(27)17-20(30-24)31(12-28-17)21-16(26)18(36-23(33)14-9-5-2-6-10-14)15(35-21)11-34-22(32)13-7-3-1-4-8-13/h1-10,12,15-16,18,21H,11H2,(H2,27,29,30)/t15-,16-,18-,21+/m1/s1. The monoisotopic (exact) mass is 511 g/mol. The van der Waals surface area contributed by atoms with Gasteiger partial charge in [-0.1, -0.05) is 36.4 Å². The summed E-state index contributed by atoms with van der Waals surface area (Å²) < 4.78 is 33.9. The van der Waals surface area contributed by atoms with Crippen molar-refractivity contribution in [3.05, 3.63) is 83.4 Å². The molecule has 0 aliphatic carbocycles. The van der Waals surface area contributed by atoms with Gasteiger partial charge in [-0.3, -0.25) is 4.57 Å². The van der Waals surface area contributed by atoms with E-state index in [4.69, 9.17) is 31.5 Å². The van der Waals surface area contributed by atoms with Gasteiger partial charge in [0.25, 0.3) is 0 Å². The third kappa shape index (κ3) is 4.58. The fraction of sp³-hybridized carbons (Fsp3) is 0.208. The molecule has 0 radical (unpaired) electrons. The quantitative estimate of drug-likeness (QED) is 0.305. The lowest BCUT2D eigenvalue weighted by Gasteiger charge is -2.19. The van der Waals surface area contributed by atoms with Crippen LogP contribution >= 0.6 is 11.6 Å². The minimum atomic E-state index is -1.87. The highest BCUT2D eigenvalue weighted by Gasteiger charge is 2.50. The maximum atomic E-state index is 15.8. The lowest BCUT2D eigenvalue weighted by Crippen LogP contribution is -2.37. The molecule has 5 rings (SSSR count). The molecule has 36 heavy (non-hydrogen) atoms. The van der Waals surface area contributed by atoms with Crippen molar-refractivity contribution < 1.29 is 28.2 Å². The van der Waals surface area contributed by atoms with Crippen LogP contribution in [0.5, 0.6) is 0 Å². The first-order valence-electron chi connectivity index (χ1n) is 10.9. The first-order chi connectivity index (χ1) is 17.4. The van der Waals surface area contributed by atoms with E-state index >= 15 is 4.39 Å². The van der Waals surface area contributed by atoms with Crippen LogP contribution in [0, 0.1) is 0 Å². The van der Waals surface area contributed by atoms with Crippen LogP contribution in [-0.2, 0) is 14.2 Å². The Morgan fingerprint density at radius 1 is 1.03 bits per heavy atom. The number of fused-ring (bicyclic) bond motifs is 1. The van der Waals surface area contributed by atoms with Gasteiger partial charge in [-0.2, -0.15) is 9.97 Å². The summed E-state index contributed by atoms with van der Waals surface area (Å²) in [6.45, 7) is -0.373. The number of carbonyl (C=O) groups is 2. The molecule has 1 fully saturated rings. The van der Waals surface area contributed by atoms with Crippen molar-refractivity contribution in [3.63, 3.8) is 0 Å². The minimum Gasteiger partial charge on any atom is -0.459 e. The van der Waals surface area contributed by atoms with Crippen LogP contribution in [0.3, 0.4) is 0 Å². The van der Waals surface area contributed by atoms with Crippen molar-refractivity contribution in [2.75, 3.05) is 12.3 Å². The predicted octanol–water partition coefficient (Wildman–Crippen LogP) is 3.38. The lowest BCUT2D eigenvalue weighted by atomic mass is 10.1. The largest absolute Gasteiger partial charge is 0.459 e. The van der Waals surface area contributed by atoms with Gasteiger partial charge in [0.1, 0.15) is 18.2 Å². The summed E-state index contributed by atoms with van der Waals surface area (Å²) in [5, 5.41) is -0.157. The average Bonchev–Trinajstić information content (AvgIpc) is 3.44. The highest BCUT2D eigenvalue weighted by atomic mass is 35.5. The van der Waals surface area contributed by atoms with Crippen molar-refractivity contribution in [2.45, 2.75) is 24.6 Å². The number of ether oxygens (including phenoxy) is 3. The molecule has 1 saturated heterocycles. The highest BCUT2D eigenvalue weighted by molar-refractivity contribution is 6.28. The predicted molar refractivity (Wildman–Crippen MR) is 126 cm³/mol. The molecule has 0 amide bonds. The van der Waals surface area contributed by atoms with Crippen LogP contribution in [0.25, 0.3) is 11.2 Å². The van der Waals surface area contributed by atoms with Crippen LogP contribution in [0.4, 0.5) is 10.2 Å². The molecule has 10 nitrogen and oxygen atoms in total. The van der Waals surface area contributed by atoms with E-state index in [-0.39, 0.29) is 34.4 Å². The van der Waals surface area contributed by atoms with Crippen LogP contribution < -0.4 is 5.73 Å². The summed E-state index contributed by atoms with van der Waals surface area (Å²) in [4.78, 5) is 37.2. The number of aromatic nitrogens is 4. The molecule has 3 heterocycles. The third-order valence-corrected chi connectivity index (χ3v) is 5.77. The van der Waals surface area contributed by atoms with Crippen LogP contribution in [0.2, 0.25) is 5.28 Å². The fourth-order valence-corrected chi connectivity index (χ4v) is 4.04. The van der Waals surface area contributed by atoms with E-state index in [1.165, 1.54) is 10.9 Å². The van der Waals surface area contributed by atoms with Gasteiger partial charge in [0, 0.05) is 0 Å². The Bertz CT molecular complexity index is 1400. The number of nitrogens with zero attached hydrogens (tertiary/aromatic N) is 4. The van der Waals surface area contributed by atoms with E-state index in [0.717, 1.165) is 0 Å². The number of hydrogen-bond acceptors (Lipinski definition) is 9. The number of imidazole rings is 1. The number of nitrogen functional groups attached to an aromatic ring is 1. The zero-order valence-corrected chi connectivity index (χ0v) is 19.3. The number of alkyl halides is 1. The SMILES string of the molecule is Nc1nc(Cl)nc2c1ncn2[C@H]1O[C@H](COC(=O)c2ccccc2)[C@@H](OC(=O)c2ccccc2)[C@H]1F. The summed E-state index contributed by atoms with van der Waals surface area (Å²) in [5.41, 5.74) is 6.73. The van der Waals surface area contributed by atoms with Gasteiger partial charge < -0.3 is 19.9 Å². The molecule has 184 valence electrons. The second kappa shape index (κ2) is 9.88. The van der Waals surface area contributed by atoms with E-state index in [2.05, 4.69) is 15.0 Å². The molecule has 4 atom stereocenters. The Labute approximate surface area is 208 Å². The van der Waals surface area contributed by atoms with Crippen molar-refractivity contribution in [2.24, 2.45) is 0 Å². The zero-order valence-electron chi connectivity index (χ0n) is 18.5. The van der Waals surface area contributed by atoms with E-state index < -0.39 is 36.5 Å². The first kappa shape index (κ1) is 23.6. The molecular formula is C24H19ClFN5O5. The second-order valence-electron chi connectivity index (χ2n) is 7.91. The smallest absolute Gasteiger partial charge is 0.338 e. The Morgan fingerprint density at radius 3 is 2.33 bits per heavy atom. The third-order valence-electron chi connectivity index (χ3n) is 5.60. The molecule has 12 heteroatoms. The first-order valence-corrected chi connectivity index (χ1v) is 11.2. The summed E-state index contributed by atoms with van der Waals surface area (Å²) in [6, 6.07) is 16.4. The number of benzene rings is 2. The molecule has 0 spiro atoms. The van der Waals surface area contributed by atoms with Crippen molar-refractivity contribution in [3.8, 4) is 0 Å². The second-order valence-corrected chi connectivity index (χ2v) is 8.25. The summed E-state index contributed by atoms with van der Waals surface area (Å²) >= 11 is 5.93. The molecule has 0 bridgehead atoms. The number of esters is 2. The van der Waals surface area contributed by atoms with Gasteiger partial charge in [-0.25, -0.2) is 19.0 Å². The Morgan fingerprint density at radius 2 is 1.67 bits per heavy atom. The molecular weight excluding hydrogens is 493 g/mol. The number of anilines is 1. The van der Waals surface area contributed by atoms with E-state index in [1.54, 1.807) is 60.7 Å². The Balaban J connectivity index is 1.42. The molecule has 1 aliphatic rings. The number of hydrogen-bond donors (Lipinski definition) is 1. The average molecular weight is 512 g/mol. The number of rotatable bonds is 6. The van der Waals surface area contributed by atoms with Crippen molar-refractivity contribution in [1.29, 1.82) is 0 Å². The summed E-state index contributed by atoms with van der Waals surface area (Å²) in [7, 11) is 0. The molecule has 2 N–H and O–H groups in total. The van der Waals surface area contributed by atoms with Gasteiger partial charge in [0.15, 0.2) is 30.0 Å². The molecule has 2 aromatic heterocycles. The van der Waals surface area contributed by atoms with Crippen molar-refractivity contribution >= 4 is 40.5 Å². The molecule has 0 saturated carbocycles. The molecule has 1 aliphatic heterocycles. The van der Waals surface area contributed by atoms with Gasteiger partial charge in [0.05, 0.1) is 17.5 Å². The van der Waals surface area contributed by atoms with Crippen LogP contribution in [0.15, 0.2) is 67.0 Å². The van der Waals surface area contributed by atoms with E-state index in [1.807, 2.05) is 0 Å². The maximum Gasteiger partial charge on any atom is 0.338 e. The number of halogens is 2. The van der Waals surface area contributed by atoms with Crippen LogP contribution in [0.1, 0.15) is 26.9 Å².